The van der Waals surface area contributed by atoms with Crippen molar-refractivity contribution in [2.45, 2.75) is 20.5 Å². The molecule has 0 aliphatic rings. The Labute approximate surface area is 161 Å². The molecule has 134 valence electrons. The van der Waals surface area contributed by atoms with Crippen LogP contribution in [0.25, 0.3) is 11.3 Å². The molecule has 0 N–H and O–H groups in total. The molecule has 0 fully saturated rings. The Morgan fingerprint density at radius 3 is 2.85 bits per heavy atom. The number of pyridine rings is 1. The lowest BCUT2D eigenvalue weighted by molar-refractivity contribution is 0.295. The SMILES string of the molecule is Cc1nn(-c2ccc(C#N)c(Cl)c2)c(C)c1OCc1cccc2nccn12. The summed E-state index contributed by atoms with van der Waals surface area (Å²) in [5.74, 6) is 0.729. The average molecular weight is 378 g/mol. The lowest BCUT2D eigenvalue weighted by atomic mass is 10.2. The van der Waals surface area contributed by atoms with Crippen LogP contribution in [0.15, 0.2) is 48.8 Å². The normalized spacial score (nSPS) is 10.9. The molecule has 27 heavy (non-hydrogen) atoms. The quantitative estimate of drug-likeness (QED) is 0.533. The maximum absolute atomic E-state index is 9.04. The molecule has 3 aromatic heterocycles. The average Bonchev–Trinajstić information content (AvgIpc) is 3.25. The van der Waals surface area contributed by atoms with Gasteiger partial charge in [0, 0.05) is 12.4 Å². The topological polar surface area (TPSA) is 68.1 Å². The summed E-state index contributed by atoms with van der Waals surface area (Å²) in [6, 6.07) is 13.2. The molecule has 0 atom stereocenters. The molecular weight excluding hydrogens is 362 g/mol. The Kier molecular flexibility index (Phi) is 4.30. The van der Waals surface area contributed by atoms with E-state index >= 15 is 0 Å². The summed E-state index contributed by atoms with van der Waals surface area (Å²) in [7, 11) is 0. The van der Waals surface area contributed by atoms with E-state index in [0.717, 1.165) is 34.2 Å². The minimum Gasteiger partial charge on any atom is -0.483 e. The second-order valence-electron chi connectivity index (χ2n) is 6.15. The molecule has 4 aromatic rings. The standard InChI is InChI=1S/C20H16ClN5O/c1-13-20(27-12-17-4-3-5-19-23-8-9-25(17)19)14(2)26(24-13)16-7-6-15(11-22)18(21)10-16/h3-10H,12H2,1-2H3. The van der Waals surface area contributed by atoms with Gasteiger partial charge in [-0.2, -0.15) is 10.4 Å². The molecule has 0 unspecified atom stereocenters. The highest BCUT2D eigenvalue weighted by molar-refractivity contribution is 6.31. The number of hydrogen-bond acceptors (Lipinski definition) is 4. The first-order valence-electron chi connectivity index (χ1n) is 8.38. The van der Waals surface area contributed by atoms with Gasteiger partial charge in [0.2, 0.25) is 0 Å². The van der Waals surface area contributed by atoms with E-state index in [1.165, 1.54) is 0 Å². The maximum Gasteiger partial charge on any atom is 0.164 e. The van der Waals surface area contributed by atoms with Crippen LogP contribution < -0.4 is 4.74 Å². The molecule has 4 rings (SSSR count). The number of halogens is 1. The summed E-state index contributed by atoms with van der Waals surface area (Å²) in [6.07, 6.45) is 3.68. The van der Waals surface area contributed by atoms with Crippen LogP contribution in [0, 0.1) is 25.2 Å². The fourth-order valence-corrected chi connectivity index (χ4v) is 3.30. The molecule has 0 aliphatic heterocycles. The van der Waals surface area contributed by atoms with Crippen molar-refractivity contribution >= 4 is 17.2 Å². The largest absolute Gasteiger partial charge is 0.483 e. The number of imidazole rings is 1. The highest BCUT2D eigenvalue weighted by atomic mass is 35.5. The summed E-state index contributed by atoms with van der Waals surface area (Å²) in [5.41, 5.74) is 4.75. The van der Waals surface area contributed by atoms with Crippen LogP contribution in [0.4, 0.5) is 0 Å². The van der Waals surface area contributed by atoms with Gasteiger partial charge in [-0.3, -0.25) is 0 Å². The predicted molar refractivity (Wildman–Crippen MR) is 102 cm³/mol. The van der Waals surface area contributed by atoms with Gasteiger partial charge >= 0.3 is 0 Å². The number of fused-ring (bicyclic) bond motifs is 1. The van der Waals surface area contributed by atoms with Gasteiger partial charge in [0.25, 0.3) is 0 Å². The number of ether oxygens (including phenoxy) is 1. The van der Waals surface area contributed by atoms with E-state index in [1.54, 1.807) is 23.0 Å². The van der Waals surface area contributed by atoms with Crippen molar-refractivity contribution in [2.75, 3.05) is 0 Å². The van der Waals surface area contributed by atoms with Crippen molar-refractivity contribution in [1.29, 1.82) is 5.26 Å². The van der Waals surface area contributed by atoms with Gasteiger partial charge in [-0.1, -0.05) is 17.7 Å². The second-order valence-corrected chi connectivity index (χ2v) is 6.56. The zero-order valence-corrected chi connectivity index (χ0v) is 15.6. The van der Waals surface area contributed by atoms with Gasteiger partial charge in [-0.05, 0) is 44.2 Å². The van der Waals surface area contributed by atoms with Crippen LogP contribution in [-0.4, -0.2) is 19.2 Å². The van der Waals surface area contributed by atoms with Crippen LogP contribution >= 0.6 is 11.6 Å². The van der Waals surface area contributed by atoms with E-state index in [9.17, 15) is 0 Å². The molecule has 0 bridgehead atoms. The maximum atomic E-state index is 9.04. The minimum atomic E-state index is 0.398. The second kappa shape index (κ2) is 6.78. The molecule has 0 saturated carbocycles. The highest BCUT2D eigenvalue weighted by Crippen LogP contribution is 2.28. The fourth-order valence-electron chi connectivity index (χ4n) is 3.09. The van der Waals surface area contributed by atoms with Crippen molar-refractivity contribution in [2.24, 2.45) is 0 Å². The number of aromatic nitrogens is 4. The Morgan fingerprint density at radius 2 is 2.07 bits per heavy atom. The predicted octanol–water partition coefficient (Wildman–Crippen LogP) is 4.24. The van der Waals surface area contributed by atoms with Crippen LogP contribution in [0.1, 0.15) is 22.6 Å². The van der Waals surface area contributed by atoms with Gasteiger partial charge in [-0.15, -0.1) is 0 Å². The molecule has 0 spiro atoms. The number of nitriles is 1. The van der Waals surface area contributed by atoms with Crippen molar-refractivity contribution in [3.05, 3.63) is 76.5 Å². The molecular formula is C20H16ClN5O. The number of nitrogens with zero attached hydrogens (tertiary/aromatic N) is 5. The van der Waals surface area contributed by atoms with E-state index in [4.69, 9.17) is 21.6 Å². The number of hydrogen-bond donors (Lipinski definition) is 0. The van der Waals surface area contributed by atoms with Gasteiger partial charge in [0.1, 0.15) is 24.0 Å². The summed E-state index contributed by atoms with van der Waals surface area (Å²) in [5, 5.41) is 14.0. The molecule has 0 amide bonds. The van der Waals surface area contributed by atoms with E-state index in [-0.39, 0.29) is 0 Å². The summed E-state index contributed by atoms with van der Waals surface area (Å²) in [6.45, 7) is 4.25. The molecule has 0 radical (unpaired) electrons. The van der Waals surface area contributed by atoms with Gasteiger partial charge in [0.05, 0.1) is 27.7 Å². The summed E-state index contributed by atoms with van der Waals surface area (Å²) in [4.78, 5) is 4.29. The summed E-state index contributed by atoms with van der Waals surface area (Å²) >= 11 is 6.16. The zero-order chi connectivity index (χ0) is 19.0. The van der Waals surface area contributed by atoms with Crippen molar-refractivity contribution < 1.29 is 4.74 Å². The van der Waals surface area contributed by atoms with E-state index < -0.39 is 0 Å². The van der Waals surface area contributed by atoms with Crippen LogP contribution in [0.3, 0.4) is 0 Å². The Hall–Kier alpha value is -3.30. The monoisotopic (exact) mass is 377 g/mol. The van der Waals surface area contributed by atoms with Crippen molar-refractivity contribution in [3.63, 3.8) is 0 Å². The highest BCUT2D eigenvalue weighted by Gasteiger charge is 2.16. The molecule has 6 nitrogen and oxygen atoms in total. The summed E-state index contributed by atoms with van der Waals surface area (Å²) < 4.78 is 9.86. The molecule has 0 aliphatic carbocycles. The molecule has 1 aromatic carbocycles. The number of benzene rings is 1. The number of aryl methyl sites for hydroxylation is 1. The Morgan fingerprint density at radius 1 is 1.22 bits per heavy atom. The zero-order valence-electron chi connectivity index (χ0n) is 14.8. The Bertz CT molecular complexity index is 1190. The molecule has 7 heteroatoms. The third kappa shape index (κ3) is 3.03. The first-order chi connectivity index (χ1) is 13.1. The van der Waals surface area contributed by atoms with Crippen molar-refractivity contribution in [1.82, 2.24) is 19.2 Å². The van der Waals surface area contributed by atoms with E-state index in [0.29, 0.717) is 17.2 Å². The number of rotatable bonds is 4. The van der Waals surface area contributed by atoms with Gasteiger partial charge < -0.3 is 9.14 Å². The lowest BCUT2D eigenvalue weighted by Crippen LogP contribution is -2.03. The smallest absolute Gasteiger partial charge is 0.164 e. The van der Waals surface area contributed by atoms with Gasteiger partial charge in [-0.25, -0.2) is 9.67 Å². The third-order valence-corrected chi connectivity index (χ3v) is 4.73. The minimum absolute atomic E-state index is 0.398. The Balaban J connectivity index is 1.64. The van der Waals surface area contributed by atoms with Crippen LogP contribution in [0.5, 0.6) is 5.75 Å². The van der Waals surface area contributed by atoms with Crippen LogP contribution in [0.2, 0.25) is 5.02 Å². The first-order valence-corrected chi connectivity index (χ1v) is 8.76. The van der Waals surface area contributed by atoms with Crippen molar-refractivity contribution in [3.8, 4) is 17.5 Å². The van der Waals surface area contributed by atoms with Crippen LogP contribution in [-0.2, 0) is 6.61 Å². The molecule has 0 saturated heterocycles. The van der Waals surface area contributed by atoms with E-state index in [1.807, 2.05) is 48.7 Å². The first kappa shape index (κ1) is 17.1. The van der Waals surface area contributed by atoms with Gasteiger partial charge in [0.15, 0.2) is 5.75 Å². The fraction of sp³-hybridized carbons (Fsp3) is 0.150. The third-order valence-electron chi connectivity index (χ3n) is 4.42. The van der Waals surface area contributed by atoms with E-state index in [2.05, 4.69) is 16.2 Å². The lowest BCUT2D eigenvalue weighted by Gasteiger charge is -2.09. The molecule has 3 heterocycles.